The van der Waals surface area contributed by atoms with E-state index in [9.17, 15) is 0 Å². The van der Waals surface area contributed by atoms with E-state index in [4.69, 9.17) is 0 Å². The third kappa shape index (κ3) is 678000. The Morgan fingerprint density at radius 3 is 0.0667 bits per heavy atom. The van der Waals surface area contributed by atoms with Crippen LogP contribution in [0.2, 0.25) is 0 Å². The summed E-state index contributed by atoms with van der Waals surface area (Å²) in [4.78, 5) is 0. The van der Waals surface area contributed by atoms with Crippen LogP contribution in [0.4, 0.5) is 0 Å². The summed E-state index contributed by atoms with van der Waals surface area (Å²) >= 11 is 0. The summed E-state index contributed by atoms with van der Waals surface area (Å²) in [7, 11) is 0. The van der Waals surface area contributed by atoms with Gasteiger partial charge in [0.1, 0.15) is 0 Å². The van der Waals surface area contributed by atoms with Crippen LogP contribution in [0.3, 0.4) is 0 Å². The Morgan fingerprint density at radius 2 is 0.0667 bits per heavy atom. The van der Waals surface area contributed by atoms with Crippen molar-refractivity contribution < 1.29 is 0 Å². The van der Waals surface area contributed by atoms with Crippen LogP contribution in [-0.4, -0.2) is 0 Å². The fourth-order valence-corrected chi connectivity index (χ4v) is 0. The molecule has 0 atom stereocenters. The molecule has 0 heterocycles. The molecule has 0 bridgehead atoms. The molecule has 0 saturated carbocycles. The summed E-state index contributed by atoms with van der Waals surface area (Å²) in [6.07, 6.45) is 0. The number of hydrogen-bond donors (Lipinski definition) is 0. The Kier molecular flexibility index (Phi) is 2790000. The maximum absolute atomic E-state index is 3.00. The monoisotopic (exact) mass is 897 g/mol. The van der Waals surface area contributed by atoms with Crippen molar-refractivity contribution in [1.82, 2.24) is 0 Å². The van der Waals surface area contributed by atoms with Crippen molar-refractivity contribution in [3.63, 3.8) is 0 Å². The molecule has 0 aromatic rings. The van der Waals surface area contributed by atoms with Crippen molar-refractivity contribution in [2.45, 2.75) is 388 Å². The third-order valence-electron chi connectivity index (χ3n) is 0. The lowest BCUT2D eigenvalue weighted by atomic mass is 11.0. The molecule has 0 aromatic heterocycles. The SMILES string of the molecule is C=C.C=C.CC.CC.CC.CC.CC.CC.CC.CC.CC.CC.CC.CC.CC.CC.CC.CC.CC.CC.CC.CC.CC.CC.CC.CC.CC.CC.CC.CC. The normalized spacial score (nSPS) is 2.93. The molecule has 0 aromatic carbocycles. The number of rotatable bonds is 0. The molecule has 0 aliphatic rings. The fraction of sp³-hybridized carbons (Fsp3) is 0.933. The first-order valence-corrected chi connectivity index (χ1v) is 29.0. The molecule has 0 N–H and O–H groups in total. The fourth-order valence-electron chi connectivity index (χ4n) is 0. The molecule has 0 unspecified atom stereocenters. The summed E-state index contributed by atoms with van der Waals surface area (Å²) < 4.78 is 0. The zero-order chi connectivity index (χ0) is 60.0. The second-order valence-corrected chi connectivity index (χ2v) is 0. The zero-order valence-electron chi connectivity index (χ0n) is 58.8. The smallest absolute Gasteiger partial charge is 0.0683 e. The minimum Gasteiger partial charge on any atom is -0.106 e. The molecule has 0 radical (unpaired) electrons. The Hall–Kier alpha value is -0.520. The standard InChI is InChI=1S/28C2H6.2C2H4/c30*1-2/h28*1-2H3;2*1-2H2. The van der Waals surface area contributed by atoms with Gasteiger partial charge in [-0.2, -0.15) is 0 Å². The van der Waals surface area contributed by atoms with E-state index in [1.807, 2.05) is 388 Å². The van der Waals surface area contributed by atoms with Gasteiger partial charge in [-0.05, 0) is 0 Å². The van der Waals surface area contributed by atoms with Gasteiger partial charge in [0.2, 0.25) is 0 Å². The largest absolute Gasteiger partial charge is 0.106 e. The van der Waals surface area contributed by atoms with Crippen LogP contribution in [-0.2, 0) is 0 Å². The maximum atomic E-state index is 3.00. The van der Waals surface area contributed by atoms with E-state index < -0.39 is 0 Å². The van der Waals surface area contributed by atoms with Crippen LogP contribution in [0.15, 0.2) is 26.3 Å². The molecular weight excluding hydrogens is 721 g/mol. The van der Waals surface area contributed by atoms with Crippen molar-refractivity contribution >= 4 is 0 Å². The molecule has 0 aliphatic carbocycles. The Balaban J connectivity index is -0.00000000554. The highest BCUT2D eigenvalue weighted by Gasteiger charge is 0.986. The van der Waals surface area contributed by atoms with Crippen molar-refractivity contribution in [3.8, 4) is 0 Å². The van der Waals surface area contributed by atoms with Gasteiger partial charge in [0.15, 0.2) is 0 Å². The highest BCUT2D eigenvalue weighted by atomic mass is 13.1. The van der Waals surface area contributed by atoms with Gasteiger partial charge < -0.3 is 0 Å². The maximum Gasteiger partial charge on any atom is -0.0683 e. The van der Waals surface area contributed by atoms with Gasteiger partial charge in [-0.15, -0.1) is 26.3 Å². The summed E-state index contributed by atoms with van der Waals surface area (Å²) in [5.74, 6) is 0. The Labute approximate surface area is 412 Å². The van der Waals surface area contributed by atoms with Crippen LogP contribution in [0.1, 0.15) is 388 Å². The first kappa shape index (κ1) is 234. The van der Waals surface area contributed by atoms with E-state index in [-0.39, 0.29) is 0 Å². The molecule has 0 rings (SSSR count). The third-order valence-corrected chi connectivity index (χ3v) is 0. The summed E-state index contributed by atoms with van der Waals surface area (Å²) in [5.41, 5.74) is 0. The van der Waals surface area contributed by atoms with Crippen molar-refractivity contribution in [1.29, 1.82) is 0 Å². The molecule has 0 nitrogen and oxygen atoms in total. The number of hydrogen-bond acceptors (Lipinski definition) is 0. The minimum atomic E-state index is 2.00. The van der Waals surface area contributed by atoms with Gasteiger partial charge in [0, 0.05) is 0 Å². The van der Waals surface area contributed by atoms with E-state index in [1.165, 1.54) is 0 Å². The lowest BCUT2D eigenvalue weighted by molar-refractivity contribution is 1.50. The molecule has 60 heavy (non-hydrogen) atoms. The molecule has 0 fully saturated rings. The van der Waals surface area contributed by atoms with Crippen molar-refractivity contribution in [3.05, 3.63) is 26.3 Å². The average molecular weight is 898 g/mol. The zero-order valence-corrected chi connectivity index (χ0v) is 58.8. The van der Waals surface area contributed by atoms with E-state index in [1.54, 1.807) is 0 Å². The Bertz CT molecular complexity index is 2.00. The molecule has 0 heteroatoms. The van der Waals surface area contributed by atoms with Gasteiger partial charge in [0.05, 0.1) is 0 Å². The second-order valence-electron chi connectivity index (χ2n) is 0. The minimum absolute atomic E-state index is 2.00. The van der Waals surface area contributed by atoms with Gasteiger partial charge in [-0.1, -0.05) is 388 Å². The average Bonchev–Trinajstić information content (AvgIpc) is 3.50. The summed E-state index contributed by atoms with van der Waals surface area (Å²) in [6, 6.07) is 0. The highest BCUT2D eigenvalue weighted by molar-refractivity contribution is 4.22. The van der Waals surface area contributed by atoms with Crippen LogP contribution >= 0.6 is 0 Å². The predicted octanol–water partition coefficient (Wildman–Crippen LogP) is 30.3. The molecule has 0 aliphatic heterocycles. The topological polar surface area (TPSA) is 0 Å². The van der Waals surface area contributed by atoms with E-state index in [0.29, 0.717) is 0 Å². The first-order valence-electron chi connectivity index (χ1n) is 29.0. The Morgan fingerprint density at radius 1 is 0.0667 bits per heavy atom. The molecule has 0 amide bonds. The lowest BCUT2D eigenvalue weighted by Gasteiger charge is -1.07. The van der Waals surface area contributed by atoms with Crippen molar-refractivity contribution in [2.75, 3.05) is 0 Å². The quantitative estimate of drug-likeness (QED) is 0.213. The van der Waals surface area contributed by atoms with Crippen molar-refractivity contribution in [2.24, 2.45) is 0 Å². The van der Waals surface area contributed by atoms with E-state index in [0.717, 1.165) is 0 Å². The van der Waals surface area contributed by atoms with Gasteiger partial charge in [-0.3, -0.25) is 0 Å². The summed E-state index contributed by atoms with van der Waals surface area (Å²) in [6.45, 7) is 124. The van der Waals surface area contributed by atoms with Crippen LogP contribution in [0, 0.1) is 0 Å². The van der Waals surface area contributed by atoms with E-state index in [2.05, 4.69) is 26.3 Å². The summed E-state index contributed by atoms with van der Waals surface area (Å²) in [5, 5.41) is 0. The first-order chi connectivity index (χ1) is 30.0. The molecular formula is C60H176. The predicted molar refractivity (Wildman–Crippen MR) is 340 cm³/mol. The van der Waals surface area contributed by atoms with Crippen LogP contribution in [0.5, 0.6) is 0 Å². The second kappa shape index (κ2) is 715000. The highest BCUT2D eigenvalue weighted by Crippen LogP contribution is 1.20. The van der Waals surface area contributed by atoms with Gasteiger partial charge >= 0.3 is 0 Å². The van der Waals surface area contributed by atoms with Crippen LogP contribution in [0.25, 0.3) is 0 Å². The van der Waals surface area contributed by atoms with Gasteiger partial charge in [-0.25, -0.2) is 0 Å². The molecule has 0 spiro atoms. The van der Waals surface area contributed by atoms with Crippen LogP contribution < -0.4 is 0 Å². The van der Waals surface area contributed by atoms with Gasteiger partial charge in [0.25, 0.3) is 0 Å². The molecule has 416 valence electrons. The lowest BCUT2D eigenvalue weighted by Crippen LogP contribution is -0.856. The van der Waals surface area contributed by atoms with E-state index >= 15 is 0 Å². The molecule has 0 saturated heterocycles.